The zero-order valence-corrected chi connectivity index (χ0v) is 16.8. The summed E-state index contributed by atoms with van der Waals surface area (Å²) in [7, 11) is 0. The number of rotatable bonds is 6. The van der Waals surface area contributed by atoms with Crippen LogP contribution in [-0.2, 0) is 17.9 Å². The van der Waals surface area contributed by atoms with Crippen LogP contribution in [0.5, 0.6) is 0 Å². The van der Waals surface area contributed by atoms with Crippen molar-refractivity contribution in [1.29, 1.82) is 0 Å². The van der Waals surface area contributed by atoms with Gasteiger partial charge < -0.3 is 9.80 Å². The van der Waals surface area contributed by atoms with Crippen LogP contribution in [0.25, 0.3) is 0 Å². The lowest BCUT2D eigenvalue weighted by Crippen LogP contribution is -2.53. The van der Waals surface area contributed by atoms with Crippen LogP contribution in [0, 0.1) is 12.3 Å². The lowest BCUT2D eigenvalue weighted by Gasteiger charge is -2.48. The van der Waals surface area contributed by atoms with Crippen LogP contribution in [0.4, 0.5) is 0 Å². The van der Waals surface area contributed by atoms with Gasteiger partial charge in [0.15, 0.2) is 0 Å². The summed E-state index contributed by atoms with van der Waals surface area (Å²) in [5.41, 5.74) is 2.02. The van der Waals surface area contributed by atoms with Crippen LogP contribution in [0.15, 0.2) is 30.9 Å². The summed E-state index contributed by atoms with van der Waals surface area (Å²) in [6, 6.07) is 1.97. The fraction of sp³-hybridized carbons (Fsp3) is 0.619. The monoisotopic (exact) mass is 382 g/mol. The topological polar surface area (TPSA) is 67.2 Å². The number of amides is 1. The summed E-state index contributed by atoms with van der Waals surface area (Å²) in [5.74, 6) is 0.254. The Bertz CT molecular complexity index is 775. The highest BCUT2D eigenvalue weighted by molar-refractivity contribution is 5.77. The Morgan fingerprint density at radius 1 is 1.14 bits per heavy atom. The third kappa shape index (κ3) is 4.58. The first kappa shape index (κ1) is 19.1. The Labute approximate surface area is 166 Å². The van der Waals surface area contributed by atoms with E-state index in [0.29, 0.717) is 13.0 Å². The first-order valence-corrected chi connectivity index (χ1v) is 10.4. The van der Waals surface area contributed by atoms with Gasteiger partial charge in [0, 0.05) is 50.1 Å². The fourth-order valence-corrected chi connectivity index (χ4v) is 4.67. The average Bonchev–Trinajstić information content (AvgIpc) is 3.21. The van der Waals surface area contributed by atoms with Crippen molar-refractivity contribution in [3.63, 3.8) is 0 Å². The zero-order valence-electron chi connectivity index (χ0n) is 16.8. The first-order valence-electron chi connectivity index (χ1n) is 10.4. The number of aryl methyl sites for hydroxylation is 2. The van der Waals surface area contributed by atoms with E-state index in [4.69, 9.17) is 0 Å². The summed E-state index contributed by atoms with van der Waals surface area (Å²) in [5, 5.41) is 4.29. The van der Waals surface area contributed by atoms with Crippen LogP contribution in [0.1, 0.15) is 43.5 Å². The summed E-state index contributed by atoms with van der Waals surface area (Å²) >= 11 is 0. The number of nitrogens with zero attached hydrogens (tertiary/aromatic N) is 6. The normalized spacial score (nSPS) is 23.5. The Morgan fingerprint density at radius 2 is 2.07 bits per heavy atom. The Balaban J connectivity index is 1.34. The van der Waals surface area contributed by atoms with Gasteiger partial charge in [-0.2, -0.15) is 5.10 Å². The van der Waals surface area contributed by atoms with Gasteiger partial charge in [0.2, 0.25) is 5.91 Å². The van der Waals surface area contributed by atoms with E-state index in [1.54, 1.807) is 12.4 Å². The van der Waals surface area contributed by atoms with Crippen LogP contribution in [0.2, 0.25) is 0 Å². The SMILES string of the molecule is Cc1cnc(CN2C[C@@]3(CCCN(CCCn4cccn4)C3)CCC2=O)cn1. The van der Waals surface area contributed by atoms with Crippen LogP contribution >= 0.6 is 0 Å². The van der Waals surface area contributed by atoms with Gasteiger partial charge in [-0.05, 0) is 51.8 Å². The van der Waals surface area contributed by atoms with E-state index >= 15 is 0 Å². The number of hydrogen-bond donors (Lipinski definition) is 0. The van der Waals surface area contributed by atoms with Gasteiger partial charge in [-0.1, -0.05) is 0 Å². The lowest BCUT2D eigenvalue weighted by atomic mass is 9.73. The van der Waals surface area contributed by atoms with Gasteiger partial charge in [0.25, 0.3) is 0 Å². The number of likely N-dealkylation sites (tertiary alicyclic amines) is 2. The molecule has 0 radical (unpaired) electrons. The van der Waals surface area contributed by atoms with Gasteiger partial charge in [0.05, 0.1) is 24.1 Å². The number of hydrogen-bond acceptors (Lipinski definition) is 5. The Hall–Kier alpha value is -2.28. The lowest BCUT2D eigenvalue weighted by molar-refractivity contribution is -0.140. The second-order valence-corrected chi connectivity index (χ2v) is 8.40. The minimum absolute atomic E-state index is 0.232. The molecule has 0 unspecified atom stereocenters. The molecule has 2 fully saturated rings. The van der Waals surface area contributed by atoms with E-state index in [2.05, 4.69) is 20.0 Å². The Kier molecular flexibility index (Phi) is 5.71. The van der Waals surface area contributed by atoms with E-state index < -0.39 is 0 Å². The van der Waals surface area contributed by atoms with E-state index in [0.717, 1.165) is 57.0 Å². The summed E-state index contributed by atoms with van der Waals surface area (Å²) in [6.45, 7) is 7.67. The molecule has 150 valence electrons. The molecule has 1 amide bonds. The van der Waals surface area contributed by atoms with Crippen molar-refractivity contribution in [2.45, 2.75) is 52.1 Å². The molecule has 7 nitrogen and oxygen atoms in total. The largest absolute Gasteiger partial charge is 0.336 e. The van der Waals surface area contributed by atoms with Crippen molar-refractivity contribution in [2.75, 3.05) is 26.2 Å². The number of carbonyl (C=O) groups excluding carboxylic acids is 1. The van der Waals surface area contributed by atoms with Crippen LogP contribution in [-0.4, -0.2) is 61.6 Å². The van der Waals surface area contributed by atoms with Crippen molar-refractivity contribution in [3.8, 4) is 0 Å². The van der Waals surface area contributed by atoms with Crippen LogP contribution < -0.4 is 0 Å². The maximum atomic E-state index is 12.5. The van der Waals surface area contributed by atoms with E-state index in [1.165, 1.54) is 12.8 Å². The average molecular weight is 383 g/mol. The van der Waals surface area contributed by atoms with Crippen molar-refractivity contribution >= 4 is 5.91 Å². The van der Waals surface area contributed by atoms with Gasteiger partial charge in [-0.15, -0.1) is 0 Å². The molecule has 1 spiro atoms. The number of carbonyl (C=O) groups is 1. The van der Waals surface area contributed by atoms with E-state index in [9.17, 15) is 4.79 Å². The maximum Gasteiger partial charge on any atom is 0.222 e. The first-order chi connectivity index (χ1) is 13.6. The van der Waals surface area contributed by atoms with E-state index in [-0.39, 0.29) is 11.3 Å². The molecule has 0 bridgehead atoms. The molecule has 1 atom stereocenters. The van der Waals surface area contributed by atoms with Crippen molar-refractivity contribution < 1.29 is 4.79 Å². The minimum atomic E-state index is 0.232. The molecule has 0 aromatic carbocycles. The zero-order chi connectivity index (χ0) is 19.4. The molecule has 7 heteroatoms. The third-order valence-corrected chi connectivity index (χ3v) is 6.10. The van der Waals surface area contributed by atoms with E-state index in [1.807, 2.05) is 35.0 Å². The fourth-order valence-electron chi connectivity index (χ4n) is 4.67. The maximum absolute atomic E-state index is 12.5. The Morgan fingerprint density at radius 3 is 2.86 bits per heavy atom. The molecule has 2 aromatic heterocycles. The molecule has 2 saturated heterocycles. The molecule has 0 N–H and O–H groups in total. The smallest absolute Gasteiger partial charge is 0.222 e. The van der Waals surface area contributed by atoms with Gasteiger partial charge in [0.1, 0.15) is 0 Å². The highest BCUT2D eigenvalue weighted by Gasteiger charge is 2.41. The number of piperidine rings is 2. The van der Waals surface area contributed by atoms with Crippen molar-refractivity contribution in [3.05, 3.63) is 42.2 Å². The quantitative estimate of drug-likeness (QED) is 0.767. The van der Waals surface area contributed by atoms with Crippen molar-refractivity contribution in [1.82, 2.24) is 29.5 Å². The molecule has 28 heavy (non-hydrogen) atoms. The third-order valence-electron chi connectivity index (χ3n) is 6.10. The van der Waals surface area contributed by atoms with Gasteiger partial charge in [-0.25, -0.2) is 0 Å². The second kappa shape index (κ2) is 8.39. The molecule has 0 saturated carbocycles. The predicted molar refractivity (Wildman–Crippen MR) is 106 cm³/mol. The molecule has 0 aliphatic carbocycles. The molecule has 2 aromatic rings. The highest BCUT2D eigenvalue weighted by Crippen LogP contribution is 2.39. The minimum Gasteiger partial charge on any atom is -0.336 e. The molecular formula is C21H30N6O. The second-order valence-electron chi connectivity index (χ2n) is 8.40. The molecular weight excluding hydrogens is 352 g/mol. The summed E-state index contributed by atoms with van der Waals surface area (Å²) in [4.78, 5) is 25.9. The van der Waals surface area contributed by atoms with Gasteiger partial charge >= 0.3 is 0 Å². The molecule has 4 heterocycles. The summed E-state index contributed by atoms with van der Waals surface area (Å²) < 4.78 is 2.00. The summed E-state index contributed by atoms with van der Waals surface area (Å²) in [6.07, 6.45) is 12.6. The van der Waals surface area contributed by atoms with Gasteiger partial charge in [-0.3, -0.25) is 19.4 Å². The number of aromatic nitrogens is 4. The van der Waals surface area contributed by atoms with Crippen molar-refractivity contribution in [2.24, 2.45) is 5.41 Å². The predicted octanol–water partition coefficient (Wildman–Crippen LogP) is 2.28. The highest BCUT2D eigenvalue weighted by atomic mass is 16.2. The van der Waals surface area contributed by atoms with Crippen LogP contribution in [0.3, 0.4) is 0 Å². The standard InChI is InChI=1S/C21H30N6O/c1-18-13-23-19(14-22-18)15-26-17-21(7-5-20(26)28)6-2-9-25(16-21)10-4-12-27-11-3-8-24-27/h3,8,11,13-14H,2,4-7,9-10,12,15-17H2,1H3/t21-/m0/s1. The molecule has 4 rings (SSSR count). The molecule has 2 aliphatic rings. The molecule has 2 aliphatic heterocycles.